The van der Waals surface area contributed by atoms with Gasteiger partial charge in [-0.15, -0.1) is 10.2 Å². The summed E-state index contributed by atoms with van der Waals surface area (Å²) in [5.74, 6) is 2.18. The second-order valence-electron chi connectivity index (χ2n) is 10.4. The molecule has 1 aliphatic rings. The maximum absolute atomic E-state index is 13.1. The van der Waals surface area contributed by atoms with Crippen LogP contribution in [0, 0.1) is 0 Å². The van der Waals surface area contributed by atoms with Crippen molar-refractivity contribution in [3.8, 4) is 11.4 Å². The third-order valence-corrected chi connectivity index (χ3v) is 9.14. The Morgan fingerprint density at radius 3 is 2.53 bits per heavy atom. The maximum atomic E-state index is 13.1. The van der Waals surface area contributed by atoms with E-state index in [-0.39, 0.29) is 17.9 Å². The molecule has 2 amide bonds. The van der Waals surface area contributed by atoms with Crippen LogP contribution in [0.1, 0.15) is 41.5 Å². The van der Waals surface area contributed by atoms with E-state index in [9.17, 15) is 9.59 Å². The van der Waals surface area contributed by atoms with Crippen molar-refractivity contribution >= 4 is 46.8 Å². The van der Waals surface area contributed by atoms with Gasteiger partial charge in [0.15, 0.2) is 5.16 Å². The minimum Gasteiger partial charge on any atom is -0.497 e. The number of piperazine rings is 1. The molecule has 1 fully saturated rings. The molecule has 0 bridgehead atoms. The molecule has 1 aromatic heterocycles. The molecule has 1 aliphatic heterocycles. The van der Waals surface area contributed by atoms with Crippen molar-refractivity contribution in [3.63, 3.8) is 0 Å². The van der Waals surface area contributed by atoms with E-state index in [1.54, 1.807) is 37.1 Å². The molecule has 43 heavy (non-hydrogen) atoms. The van der Waals surface area contributed by atoms with Gasteiger partial charge in [-0.05, 0) is 55.3 Å². The van der Waals surface area contributed by atoms with E-state index >= 15 is 0 Å². The number of hydrogen-bond acceptors (Lipinski definition) is 6. The molecule has 5 rings (SSSR count). The van der Waals surface area contributed by atoms with Gasteiger partial charge in [0.2, 0.25) is 5.91 Å². The maximum Gasteiger partial charge on any atom is 0.254 e. The zero-order chi connectivity index (χ0) is 30.3. The Labute approximate surface area is 265 Å². The molecule has 11 heteroatoms. The fourth-order valence-electron chi connectivity index (χ4n) is 5.12. The van der Waals surface area contributed by atoms with Crippen molar-refractivity contribution in [1.29, 1.82) is 0 Å². The van der Waals surface area contributed by atoms with Gasteiger partial charge in [0, 0.05) is 49.8 Å². The van der Waals surface area contributed by atoms with Gasteiger partial charge in [-0.3, -0.25) is 14.2 Å². The zero-order valence-electron chi connectivity index (χ0n) is 24.1. The van der Waals surface area contributed by atoms with Crippen LogP contribution in [0.3, 0.4) is 0 Å². The lowest BCUT2D eigenvalue weighted by Gasteiger charge is -2.40. The van der Waals surface area contributed by atoms with E-state index < -0.39 is 0 Å². The summed E-state index contributed by atoms with van der Waals surface area (Å²) in [4.78, 5) is 29.9. The van der Waals surface area contributed by atoms with E-state index in [1.165, 1.54) is 0 Å². The molecule has 4 aromatic rings. The molecule has 8 nitrogen and oxygen atoms in total. The first-order valence-corrected chi connectivity index (χ1v) is 15.9. The first kappa shape index (κ1) is 30.9. The second-order valence-corrected chi connectivity index (χ2v) is 12.2. The van der Waals surface area contributed by atoms with Gasteiger partial charge in [0.25, 0.3) is 5.91 Å². The number of methoxy groups -OCH3 is 1. The van der Waals surface area contributed by atoms with Crippen molar-refractivity contribution < 1.29 is 14.3 Å². The highest BCUT2D eigenvalue weighted by Gasteiger charge is 2.30. The summed E-state index contributed by atoms with van der Waals surface area (Å²) in [6.07, 6.45) is 1.71. The summed E-state index contributed by atoms with van der Waals surface area (Å²) < 4.78 is 7.26. The lowest BCUT2D eigenvalue weighted by atomic mass is 10.1. The van der Waals surface area contributed by atoms with Crippen LogP contribution in [-0.4, -0.2) is 74.9 Å². The third-order valence-electron chi connectivity index (χ3n) is 7.39. The van der Waals surface area contributed by atoms with Gasteiger partial charge in [0.1, 0.15) is 11.6 Å². The summed E-state index contributed by atoms with van der Waals surface area (Å²) in [5.41, 5.74) is 2.54. The Morgan fingerprint density at radius 2 is 1.79 bits per heavy atom. The molecule has 0 N–H and O–H groups in total. The molecule has 0 spiro atoms. The van der Waals surface area contributed by atoms with Crippen molar-refractivity contribution in [2.45, 2.75) is 37.4 Å². The molecular weight excluding hydrogens is 605 g/mol. The highest BCUT2D eigenvalue weighted by Crippen LogP contribution is 2.29. The predicted octanol–water partition coefficient (Wildman–Crippen LogP) is 6.42. The Morgan fingerprint density at radius 1 is 0.977 bits per heavy atom. The molecule has 1 atom stereocenters. The van der Waals surface area contributed by atoms with Crippen LogP contribution in [0.5, 0.6) is 5.75 Å². The van der Waals surface area contributed by atoms with Crippen LogP contribution in [0.4, 0.5) is 0 Å². The first-order chi connectivity index (χ1) is 20.8. The SMILES string of the molecule is COc1cccc(C(=O)N2CCN(C(=O)CCCSc3nnc(Cc4ccccc4)n3-c3ccc(Cl)c(Cl)c3)CC2C)c1. The fraction of sp³-hybridized carbons (Fsp3) is 0.312. The van der Waals surface area contributed by atoms with E-state index in [4.69, 9.17) is 27.9 Å². The number of benzene rings is 3. The molecule has 224 valence electrons. The standard InChI is InChI=1S/C32H33Cl2N5O3S/c1-22-21-37(15-16-38(22)31(41)24-10-6-11-26(19-24)42-2)30(40)12-7-17-43-32-36-35-29(18-23-8-4-3-5-9-23)39(32)25-13-14-27(33)28(34)20-25/h3-6,8-11,13-14,19-20,22H,7,12,15-18,21H2,1-2H3. The quantitative estimate of drug-likeness (QED) is 0.147. The number of ether oxygens (including phenoxy) is 1. The summed E-state index contributed by atoms with van der Waals surface area (Å²) in [6, 6.07) is 22.7. The minimum atomic E-state index is -0.0847. The number of rotatable bonds is 10. The first-order valence-electron chi connectivity index (χ1n) is 14.1. The Balaban J connectivity index is 1.17. The minimum absolute atomic E-state index is 0.0485. The van der Waals surface area contributed by atoms with Crippen molar-refractivity contribution in [2.75, 3.05) is 32.5 Å². The number of hydrogen-bond donors (Lipinski definition) is 0. The van der Waals surface area contributed by atoms with E-state index in [0.717, 1.165) is 22.2 Å². The lowest BCUT2D eigenvalue weighted by molar-refractivity contribution is -0.133. The normalized spacial score (nSPS) is 15.0. The smallest absolute Gasteiger partial charge is 0.254 e. The second kappa shape index (κ2) is 14.3. The van der Waals surface area contributed by atoms with Gasteiger partial charge in [-0.25, -0.2) is 0 Å². The number of halogens is 2. The summed E-state index contributed by atoms with van der Waals surface area (Å²) in [6.45, 7) is 3.50. The average molecular weight is 639 g/mol. The van der Waals surface area contributed by atoms with Gasteiger partial charge in [-0.1, -0.05) is 71.4 Å². The number of nitrogens with zero attached hydrogens (tertiary/aromatic N) is 5. The number of carbonyl (C=O) groups is 2. The number of thioether (sulfide) groups is 1. The third kappa shape index (κ3) is 7.52. The average Bonchev–Trinajstić information content (AvgIpc) is 3.42. The Bertz CT molecular complexity index is 1580. The number of carbonyl (C=O) groups excluding carboxylic acids is 2. The van der Waals surface area contributed by atoms with Crippen LogP contribution in [-0.2, 0) is 11.2 Å². The molecule has 1 saturated heterocycles. The van der Waals surface area contributed by atoms with Crippen LogP contribution in [0.15, 0.2) is 78.0 Å². The van der Waals surface area contributed by atoms with E-state index in [2.05, 4.69) is 22.3 Å². The number of aromatic nitrogens is 3. The predicted molar refractivity (Wildman–Crippen MR) is 171 cm³/mol. The largest absolute Gasteiger partial charge is 0.497 e. The molecule has 3 aromatic carbocycles. The van der Waals surface area contributed by atoms with Crippen LogP contribution in [0.2, 0.25) is 10.0 Å². The van der Waals surface area contributed by atoms with Crippen LogP contribution < -0.4 is 4.74 Å². The van der Waals surface area contributed by atoms with E-state index in [0.29, 0.717) is 66.0 Å². The van der Waals surface area contributed by atoms with Gasteiger partial charge in [-0.2, -0.15) is 0 Å². The van der Waals surface area contributed by atoms with Crippen molar-refractivity contribution in [2.24, 2.45) is 0 Å². The monoisotopic (exact) mass is 637 g/mol. The molecule has 0 radical (unpaired) electrons. The van der Waals surface area contributed by atoms with Gasteiger partial charge in [0.05, 0.1) is 22.8 Å². The van der Waals surface area contributed by atoms with Crippen LogP contribution >= 0.6 is 35.0 Å². The summed E-state index contributed by atoms with van der Waals surface area (Å²) in [7, 11) is 1.58. The van der Waals surface area contributed by atoms with Gasteiger partial charge < -0.3 is 14.5 Å². The highest BCUT2D eigenvalue weighted by molar-refractivity contribution is 7.99. The van der Waals surface area contributed by atoms with Crippen molar-refractivity contribution in [3.05, 3.63) is 99.8 Å². The number of amides is 2. The Kier molecular flexibility index (Phi) is 10.3. The molecular formula is C32H33Cl2N5O3S. The highest BCUT2D eigenvalue weighted by atomic mass is 35.5. The lowest BCUT2D eigenvalue weighted by Crippen LogP contribution is -2.55. The van der Waals surface area contributed by atoms with E-state index in [1.807, 2.05) is 63.8 Å². The fourth-order valence-corrected chi connectivity index (χ4v) is 6.32. The van der Waals surface area contributed by atoms with Crippen LogP contribution in [0.25, 0.3) is 5.69 Å². The molecule has 0 saturated carbocycles. The zero-order valence-corrected chi connectivity index (χ0v) is 26.4. The van der Waals surface area contributed by atoms with Crippen molar-refractivity contribution in [1.82, 2.24) is 24.6 Å². The molecule has 0 aliphatic carbocycles. The molecule has 1 unspecified atom stereocenters. The van der Waals surface area contributed by atoms with Gasteiger partial charge >= 0.3 is 0 Å². The topological polar surface area (TPSA) is 80.6 Å². The Hall–Kier alpha value is -3.53. The molecule has 2 heterocycles. The summed E-state index contributed by atoms with van der Waals surface area (Å²) >= 11 is 14.1. The summed E-state index contributed by atoms with van der Waals surface area (Å²) in [5, 5.41) is 10.6.